The molecule has 0 unspecified atom stereocenters. The fraction of sp³-hybridized carbons (Fsp3) is 0.0625. The summed E-state index contributed by atoms with van der Waals surface area (Å²) in [6.45, 7) is 0.194. The Hall–Kier alpha value is -2.52. The lowest BCUT2D eigenvalue weighted by molar-refractivity contribution is 0.294. The van der Waals surface area contributed by atoms with Gasteiger partial charge >= 0.3 is 0 Å². The SMILES string of the molecule is O=S(=O)(Nc1nccnc1OCc1cccnc1)c1ccc(Br)cc1. The smallest absolute Gasteiger partial charge is 0.263 e. The highest BCUT2D eigenvalue weighted by Crippen LogP contribution is 2.23. The zero-order valence-electron chi connectivity index (χ0n) is 12.8. The Kier molecular flexibility index (Phi) is 5.25. The third kappa shape index (κ3) is 4.52. The van der Waals surface area contributed by atoms with Crippen LogP contribution in [0.1, 0.15) is 5.56 Å². The lowest BCUT2D eigenvalue weighted by Crippen LogP contribution is -2.15. The van der Waals surface area contributed by atoms with Gasteiger partial charge in [0, 0.05) is 34.8 Å². The first-order valence-corrected chi connectivity index (χ1v) is 9.43. The fourth-order valence-corrected chi connectivity index (χ4v) is 3.21. The molecule has 2 aromatic heterocycles. The molecular formula is C16H13BrN4O3S. The van der Waals surface area contributed by atoms with Crippen molar-refractivity contribution in [3.05, 3.63) is 71.2 Å². The van der Waals surface area contributed by atoms with Gasteiger partial charge in [-0.1, -0.05) is 22.0 Å². The van der Waals surface area contributed by atoms with E-state index in [1.54, 1.807) is 30.6 Å². The number of nitrogens with one attached hydrogen (secondary N) is 1. The average Bonchev–Trinajstić information content (AvgIpc) is 2.62. The maximum absolute atomic E-state index is 12.5. The Morgan fingerprint density at radius 3 is 2.52 bits per heavy atom. The molecule has 25 heavy (non-hydrogen) atoms. The number of benzene rings is 1. The van der Waals surface area contributed by atoms with Gasteiger partial charge in [-0.25, -0.2) is 18.4 Å². The van der Waals surface area contributed by atoms with E-state index in [9.17, 15) is 8.42 Å². The maximum Gasteiger partial charge on any atom is 0.263 e. The zero-order chi connectivity index (χ0) is 17.7. The average molecular weight is 421 g/mol. The van der Waals surface area contributed by atoms with Crippen LogP contribution in [0.15, 0.2) is 70.6 Å². The molecule has 0 fully saturated rings. The Morgan fingerprint density at radius 1 is 1.04 bits per heavy atom. The first-order valence-electron chi connectivity index (χ1n) is 7.16. The van der Waals surface area contributed by atoms with Gasteiger partial charge in [-0.15, -0.1) is 0 Å². The number of nitrogens with zero attached hydrogens (tertiary/aromatic N) is 3. The molecule has 2 heterocycles. The molecule has 3 aromatic rings. The fourth-order valence-electron chi connectivity index (χ4n) is 1.94. The van der Waals surface area contributed by atoms with Crippen LogP contribution < -0.4 is 9.46 Å². The highest BCUT2D eigenvalue weighted by molar-refractivity contribution is 9.10. The summed E-state index contributed by atoms with van der Waals surface area (Å²) in [7, 11) is -3.80. The molecule has 1 N–H and O–H groups in total. The molecule has 0 amide bonds. The van der Waals surface area contributed by atoms with Gasteiger partial charge in [0.2, 0.25) is 5.82 Å². The van der Waals surface area contributed by atoms with Gasteiger partial charge < -0.3 is 4.74 Å². The van der Waals surface area contributed by atoms with Crippen molar-refractivity contribution in [2.24, 2.45) is 0 Å². The summed E-state index contributed by atoms with van der Waals surface area (Å²) in [5, 5.41) is 0. The Balaban J connectivity index is 1.79. The predicted molar refractivity (Wildman–Crippen MR) is 95.6 cm³/mol. The van der Waals surface area contributed by atoms with Crippen molar-refractivity contribution in [3.8, 4) is 5.88 Å². The van der Waals surface area contributed by atoms with Crippen molar-refractivity contribution < 1.29 is 13.2 Å². The van der Waals surface area contributed by atoms with E-state index >= 15 is 0 Å². The van der Waals surface area contributed by atoms with Gasteiger partial charge in [-0.05, 0) is 30.3 Å². The topological polar surface area (TPSA) is 94.1 Å². The molecule has 0 aliphatic carbocycles. The first kappa shape index (κ1) is 17.3. The molecule has 7 nitrogen and oxygen atoms in total. The van der Waals surface area contributed by atoms with E-state index < -0.39 is 10.0 Å². The van der Waals surface area contributed by atoms with Crippen LogP contribution in [0, 0.1) is 0 Å². The maximum atomic E-state index is 12.5. The highest BCUT2D eigenvalue weighted by Gasteiger charge is 2.18. The van der Waals surface area contributed by atoms with Crippen molar-refractivity contribution in [2.45, 2.75) is 11.5 Å². The Labute approximate surface area is 153 Å². The molecule has 0 saturated carbocycles. The second-order valence-electron chi connectivity index (χ2n) is 4.92. The summed E-state index contributed by atoms with van der Waals surface area (Å²) in [5.41, 5.74) is 0.829. The summed E-state index contributed by atoms with van der Waals surface area (Å²) < 4.78 is 33.7. The standard InChI is InChI=1S/C16H13BrN4O3S/c17-13-3-5-14(6-4-13)25(22,23)21-15-16(20-9-8-19-15)24-11-12-2-1-7-18-10-12/h1-10H,11H2,(H,19,21). The van der Waals surface area contributed by atoms with E-state index in [1.165, 1.54) is 24.5 Å². The van der Waals surface area contributed by atoms with E-state index in [0.717, 1.165) is 10.0 Å². The monoisotopic (exact) mass is 420 g/mol. The van der Waals surface area contributed by atoms with Crippen LogP contribution in [0.5, 0.6) is 5.88 Å². The molecule has 0 atom stereocenters. The van der Waals surface area contributed by atoms with E-state index in [0.29, 0.717) is 0 Å². The normalized spacial score (nSPS) is 11.1. The lowest BCUT2D eigenvalue weighted by atomic mass is 10.3. The number of anilines is 1. The lowest BCUT2D eigenvalue weighted by Gasteiger charge is -2.11. The molecule has 0 spiro atoms. The summed E-state index contributed by atoms with van der Waals surface area (Å²) in [6.07, 6.45) is 6.12. The van der Waals surface area contributed by atoms with Gasteiger partial charge in [-0.2, -0.15) is 0 Å². The molecule has 0 radical (unpaired) electrons. The third-order valence-corrected chi connectivity index (χ3v) is 5.00. The molecule has 128 valence electrons. The van der Waals surface area contributed by atoms with Crippen LogP contribution in [0.25, 0.3) is 0 Å². The third-order valence-electron chi connectivity index (χ3n) is 3.12. The van der Waals surface area contributed by atoms with Crippen molar-refractivity contribution >= 4 is 31.8 Å². The van der Waals surface area contributed by atoms with Crippen molar-refractivity contribution in [2.75, 3.05) is 4.72 Å². The molecule has 0 bridgehead atoms. The van der Waals surface area contributed by atoms with E-state index in [-0.39, 0.29) is 23.2 Å². The van der Waals surface area contributed by atoms with Crippen LogP contribution in [0.2, 0.25) is 0 Å². The summed E-state index contributed by atoms with van der Waals surface area (Å²) in [5.74, 6) is 0.112. The number of pyridine rings is 1. The number of halogens is 1. The zero-order valence-corrected chi connectivity index (χ0v) is 15.2. The molecule has 0 saturated heterocycles. The second-order valence-corrected chi connectivity index (χ2v) is 7.52. The molecular weight excluding hydrogens is 408 g/mol. The minimum absolute atomic E-state index is 0.0225. The molecule has 1 aromatic carbocycles. The van der Waals surface area contributed by atoms with Crippen LogP contribution in [0.4, 0.5) is 5.82 Å². The Bertz CT molecular complexity index is 951. The van der Waals surface area contributed by atoms with Crippen LogP contribution >= 0.6 is 15.9 Å². The van der Waals surface area contributed by atoms with Gasteiger partial charge in [0.15, 0.2) is 0 Å². The molecule has 0 aliphatic heterocycles. The van der Waals surface area contributed by atoms with E-state index in [1.807, 2.05) is 6.07 Å². The van der Waals surface area contributed by atoms with Crippen molar-refractivity contribution in [1.29, 1.82) is 0 Å². The number of rotatable bonds is 6. The van der Waals surface area contributed by atoms with Gasteiger partial charge in [-0.3, -0.25) is 9.71 Å². The van der Waals surface area contributed by atoms with Crippen LogP contribution in [0.3, 0.4) is 0 Å². The van der Waals surface area contributed by atoms with Crippen molar-refractivity contribution in [3.63, 3.8) is 0 Å². The predicted octanol–water partition coefficient (Wildman–Crippen LogP) is 3.01. The van der Waals surface area contributed by atoms with Crippen LogP contribution in [-0.2, 0) is 16.6 Å². The summed E-state index contributed by atoms with van der Waals surface area (Å²) in [6, 6.07) is 9.88. The molecule has 3 rings (SSSR count). The van der Waals surface area contributed by atoms with Gasteiger partial charge in [0.25, 0.3) is 15.9 Å². The van der Waals surface area contributed by atoms with Gasteiger partial charge in [0.1, 0.15) is 6.61 Å². The second kappa shape index (κ2) is 7.58. The minimum atomic E-state index is -3.80. The number of hydrogen-bond donors (Lipinski definition) is 1. The quantitative estimate of drug-likeness (QED) is 0.658. The van der Waals surface area contributed by atoms with Crippen LogP contribution in [-0.4, -0.2) is 23.4 Å². The first-order chi connectivity index (χ1) is 12.0. The molecule has 9 heteroatoms. The summed E-state index contributed by atoms with van der Waals surface area (Å²) in [4.78, 5) is 12.2. The summed E-state index contributed by atoms with van der Waals surface area (Å²) >= 11 is 3.27. The Morgan fingerprint density at radius 2 is 1.80 bits per heavy atom. The molecule has 0 aliphatic rings. The van der Waals surface area contributed by atoms with E-state index in [2.05, 4.69) is 35.6 Å². The van der Waals surface area contributed by atoms with E-state index in [4.69, 9.17) is 4.74 Å². The largest absolute Gasteiger partial charge is 0.470 e. The number of aromatic nitrogens is 3. The minimum Gasteiger partial charge on any atom is -0.470 e. The van der Waals surface area contributed by atoms with Gasteiger partial charge in [0.05, 0.1) is 4.90 Å². The number of sulfonamides is 1. The van der Waals surface area contributed by atoms with Crippen molar-refractivity contribution in [1.82, 2.24) is 15.0 Å². The number of ether oxygens (including phenoxy) is 1. The number of hydrogen-bond acceptors (Lipinski definition) is 6. The highest BCUT2D eigenvalue weighted by atomic mass is 79.9.